The second-order valence-corrected chi connectivity index (χ2v) is 9.51. The summed E-state index contributed by atoms with van der Waals surface area (Å²) >= 11 is 0. The smallest absolute Gasteiger partial charge is 0.402 e. The Kier molecular flexibility index (Phi) is 4.16. The lowest BCUT2D eigenvalue weighted by atomic mass is 9.65. The number of fused-ring (bicyclic) bond motifs is 9. The molecule has 0 aromatic rings. The molecule has 0 spiro atoms. The first-order valence-corrected chi connectivity index (χ1v) is 10.3. The average molecular weight is 406 g/mol. The minimum atomic E-state index is -5.70. The number of halogens is 2. The van der Waals surface area contributed by atoms with Gasteiger partial charge in [-0.1, -0.05) is 12.2 Å². The van der Waals surface area contributed by atoms with Crippen LogP contribution >= 0.6 is 0 Å². The van der Waals surface area contributed by atoms with Crippen LogP contribution in [0.2, 0.25) is 0 Å². The monoisotopic (exact) mass is 406 g/mol. The molecular weight excluding hydrogens is 386 g/mol. The summed E-state index contributed by atoms with van der Waals surface area (Å²) in [6.45, 7) is -1.79. The van der Waals surface area contributed by atoms with Crippen molar-refractivity contribution in [2.45, 2.75) is 18.1 Å². The summed E-state index contributed by atoms with van der Waals surface area (Å²) in [5, 5.41) is -4.60. The lowest BCUT2D eigenvalue weighted by Crippen LogP contribution is -2.45. The van der Waals surface area contributed by atoms with E-state index in [9.17, 15) is 26.8 Å². The van der Waals surface area contributed by atoms with Gasteiger partial charge in [0.2, 0.25) is 0 Å². The van der Waals surface area contributed by atoms with Crippen molar-refractivity contribution >= 4 is 22.1 Å². The highest BCUT2D eigenvalue weighted by molar-refractivity contribution is 7.86. The van der Waals surface area contributed by atoms with Crippen LogP contribution in [0.5, 0.6) is 0 Å². The third kappa shape index (κ3) is 2.63. The van der Waals surface area contributed by atoms with Gasteiger partial charge in [0.1, 0.15) is 0 Å². The van der Waals surface area contributed by atoms with E-state index >= 15 is 0 Å². The molecule has 4 bridgehead atoms. The second kappa shape index (κ2) is 5.97. The third-order valence-electron chi connectivity index (χ3n) is 6.93. The van der Waals surface area contributed by atoms with Crippen LogP contribution in [0.1, 0.15) is 12.8 Å². The van der Waals surface area contributed by atoms with Gasteiger partial charge in [-0.05, 0) is 48.3 Å². The third-order valence-corrected chi connectivity index (χ3v) is 7.80. The first kappa shape index (κ1) is 18.8. The molecule has 0 amide bonds. The summed E-state index contributed by atoms with van der Waals surface area (Å²) in [7, 11) is -4.49. The molecule has 4 rings (SSSR count). The number of hydrogen-bond donors (Lipinski definition) is 1. The highest BCUT2D eigenvalue weighted by Gasteiger charge is 2.68. The van der Waals surface area contributed by atoms with Gasteiger partial charge < -0.3 is 9.47 Å². The summed E-state index contributed by atoms with van der Waals surface area (Å²) < 4.78 is 66.2. The topological polar surface area (TPSA) is 107 Å². The fourth-order valence-corrected chi connectivity index (χ4v) is 6.35. The molecule has 4 aliphatic carbocycles. The van der Waals surface area contributed by atoms with Crippen LogP contribution in [0.25, 0.3) is 0 Å². The number of hydrogen-bond acceptors (Lipinski definition) is 6. The average Bonchev–Trinajstić information content (AvgIpc) is 3.34. The number of carbonyl (C=O) groups excluding carboxylic acids is 2. The number of carbonyl (C=O) groups is 2. The van der Waals surface area contributed by atoms with Gasteiger partial charge >= 0.3 is 27.3 Å². The van der Waals surface area contributed by atoms with E-state index in [1.165, 1.54) is 7.11 Å². The summed E-state index contributed by atoms with van der Waals surface area (Å²) in [5.41, 5.74) is 0. The number of rotatable bonds is 5. The molecule has 150 valence electrons. The lowest BCUT2D eigenvalue weighted by Gasteiger charge is -2.39. The molecular formula is C17H20F2O7S. The minimum absolute atomic E-state index is 0.0768. The van der Waals surface area contributed by atoms with Crippen molar-refractivity contribution in [2.24, 2.45) is 47.3 Å². The molecule has 0 aromatic heterocycles. The summed E-state index contributed by atoms with van der Waals surface area (Å²) in [6.07, 6.45) is 5.87. The first-order chi connectivity index (χ1) is 12.6. The van der Waals surface area contributed by atoms with Gasteiger partial charge in [-0.25, -0.2) is 0 Å². The van der Waals surface area contributed by atoms with Gasteiger partial charge in [-0.15, -0.1) is 0 Å². The van der Waals surface area contributed by atoms with E-state index in [1.807, 2.05) is 0 Å². The van der Waals surface area contributed by atoms with Crippen molar-refractivity contribution in [3.63, 3.8) is 0 Å². The van der Waals surface area contributed by atoms with Gasteiger partial charge in [0, 0.05) is 0 Å². The van der Waals surface area contributed by atoms with E-state index in [2.05, 4.69) is 16.9 Å². The Bertz CT molecular complexity index is 808. The Morgan fingerprint density at radius 1 is 1.07 bits per heavy atom. The maximum Gasteiger partial charge on any atom is 0.402 e. The van der Waals surface area contributed by atoms with E-state index in [1.54, 1.807) is 0 Å². The zero-order chi connectivity index (χ0) is 19.7. The number of allylic oxidation sites excluding steroid dienone is 2. The van der Waals surface area contributed by atoms with E-state index in [0.717, 1.165) is 6.42 Å². The summed E-state index contributed by atoms with van der Waals surface area (Å²) in [4.78, 5) is 24.9. The highest BCUT2D eigenvalue weighted by atomic mass is 32.2. The van der Waals surface area contributed by atoms with Crippen LogP contribution in [-0.2, 0) is 29.2 Å². The van der Waals surface area contributed by atoms with Crippen molar-refractivity contribution in [3.8, 4) is 0 Å². The molecule has 3 fully saturated rings. The number of ether oxygens (including phenoxy) is 2. The molecule has 0 heterocycles. The molecule has 0 radical (unpaired) electrons. The van der Waals surface area contributed by atoms with Gasteiger partial charge in [-0.2, -0.15) is 17.2 Å². The standard InChI is InChI=1S/C17H20F2O7S/c1-25-15(20)13-9-5-10(12-8-3-2-7(4-8)11(9)12)14(13)16(21)26-6-17(18,19)27(22,23)24/h2-3,7-14H,4-6H2,1H3,(H,22,23,24). The molecule has 1 N–H and O–H groups in total. The number of esters is 2. The number of methoxy groups -OCH3 is 1. The van der Waals surface area contributed by atoms with Crippen LogP contribution in [0.4, 0.5) is 8.78 Å². The van der Waals surface area contributed by atoms with E-state index in [0.29, 0.717) is 18.3 Å². The predicted molar refractivity (Wildman–Crippen MR) is 85.8 cm³/mol. The fourth-order valence-electron chi connectivity index (χ4n) is 6.14. The largest absolute Gasteiger partial charge is 0.469 e. The maximum atomic E-state index is 13.4. The van der Waals surface area contributed by atoms with E-state index in [-0.39, 0.29) is 23.7 Å². The van der Waals surface area contributed by atoms with Crippen LogP contribution in [0.3, 0.4) is 0 Å². The Morgan fingerprint density at radius 3 is 2.07 bits per heavy atom. The van der Waals surface area contributed by atoms with Crippen molar-refractivity contribution in [1.82, 2.24) is 0 Å². The molecule has 4 aliphatic rings. The van der Waals surface area contributed by atoms with Gasteiger partial charge in [0.25, 0.3) is 0 Å². The lowest BCUT2D eigenvalue weighted by molar-refractivity contribution is -0.168. The van der Waals surface area contributed by atoms with Crippen molar-refractivity contribution < 1.29 is 40.8 Å². The second-order valence-electron chi connectivity index (χ2n) is 7.96. The quantitative estimate of drug-likeness (QED) is 0.319. The molecule has 0 aliphatic heterocycles. The molecule has 0 aromatic carbocycles. The van der Waals surface area contributed by atoms with Crippen molar-refractivity contribution in [1.29, 1.82) is 0 Å². The zero-order valence-corrected chi connectivity index (χ0v) is 15.3. The van der Waals surface area contributed by atoms with E-state index in [4.69, 9.17) is 9.29 Å². The molecule has 0 saturated heterocycles. The Morgan fingerprint density at radius 2 is 1.59 bits per heavy atom. The SMILES string of the molecule is COC(=O)C1C2CC(C1C(=O)OCC(F)(F)S(=O)(=O)O)C1C3C=CC(C3)C21. The molecule has 8 unspecified atom stereocenters. The Hall–Kier alpha value is -1.55. The molecule has 3 saturated carbocycles. The summed E-state index contributed by atoms with van der Waals surface area (Å²) in [5.74, 6) is -2.44. The minimum Gasteiger partial charge on any atom is -0.469 e. The molecule has 7 nitrogen and oxygen atoms in total. The first-order valence-electron chi connectivity index (χ1n) is 8.84. The van der Waals surface area contributed by atoms with Crippen LogP contribution in [0.15, 0.2) is 12.2 Å². The van der Waals surface area contributed by atoms with Gasteiger partial charge in [0.15, 0.2) is 6.61 Å². The highest BCUT2D eigenvalue weighted by Crippen LogP contribution is 2.69. The fraction of sp³-hybridized carbons (Fsp3) is 0.765. The van der Waals surface area contributed by atoms with Crippen molar-refractivity contribution in [3.05, 3.63) is 12.2 Å². The van der Waals surface area contributed by atoms with Crippen molar-refractivity contribution in [2.75, 3.05) is 13.7 Å². The van der Waals surface area contributed by atoms with Gasteiger partial charge in [-0.3, -0.25) is 14.1 Å². The Balaban J connectivity index is 1.56. The van der Waals surface area contributed by atoms with Crippen LogP contribution < -0.4 is 0 Å². The molecule has 8 atom stereocenters. The van der Waals surface area contributed by atoms with Crippen LogP contribution in [0, 0.1) is 47.3 Å². The molecule has 27 heavy (non-hydrogen) atoms. The van der Waals surface area contributed by atoms with Crippen LogP contribution in [-0.4, -0.2) is 43.9 Å². The van der Waals surface area contributed by atoms with Gasteiger partial charge in [0.05, 0.1) is 18.9 Å². The normalized spacial score (nSPS) is 41.6. The van der Waals surface area contributed by atoms with E-state index < -0.39 is 45.8 Å². The zero-order valence-electron chi connectivity index (χ0n) is 14.5. The summed E-state index contributed by atoms with van der Waals surface area (Å²) in [6, 6.07) is 0. The molecule has 10 heteroatoms. The number of alkyl halides is 2. The predicted octanol–water partition coefficient (Wildman–Crippen LogP) is 1.50. The Labute approximate surface area is 154 Å². The maximum absolute atomic E-state index is 13.4.